The highest BCUT2D eigenvalue weighted by Gasteiger charge is 2.26. The third kappa shape index (κ3) is 2.44. The van der Waals surface area contributed by atoms with Crippen molar-refractivity contribution in [1.82, 2.24) is 4.90 Å². The van der Waals surface area contributed by atoms with Crippen LogP contribution in [0.15, 0.2) is 28.7 Å². The molecule has 1 fully saturated rings. The van der Waals surface area contributed by atoms with Crippen LogP contribution in [0, 0.1) is 18.3 Å². The molecule has 0 unspecified atom stereocenters. The van der Waals surface area contributed by atoms with Crippen LogP contribution < -0.4 is 0 Å². The average Bonchev–Trinajstić information content (AvgIpc) is 3.10. The number of nitrogens with zero attached hydrogens (tertiary/aromatic N) is 2. The number of amides is 1. The highest BCUT2D eigenvalue weighted by molar-refractivity contribution is 5.85. The Hall–Kier alpha value is -2.74. The summed E-state index contributed by atoms with van der Waals surface area (Å²) < 4.78 is 5.79. The van der Waals surface area contributed by atoms with Gasteiger partial charge in [0, 0.05) is 17.5 Å². The lowest BCUT2D eigenvalue weighted by molar-refractivity contribution is 0.147. The van der Waals surface area contributed by atoms with Crippen LogP contribution in [0.2, 0.25) is 0 Å². The first-order chi connectivity index (χ1) is 10.6. The Morgan fingerprint density at radius 3 is 3.09 bits per heavy atom. The number of nitriles is 1. The predicted molar refractivity (Wildman–Crippen MR) is 82.5 cm³/mol. The molecule has 112 valence electrons. The molecule has 1 amide bonds. The lowest BCUT2D eigenvalue weighted by atomic mass is 10.1. The molecule has 22 heavy (non-hydrogen) atoms. The maximum Gasteiger partial charge on any atom is 0.407 e. The van der Waals surface area contributed by atoms with Gasteiger partial charge in [-0.05, 0) is 44.0 Å². The fourth-order valence-corrected chi connectivity index (χ4v) is 2.90. The molecule has 2 aromatic rings. The maximum atomic E-state index is 11.1. The molecular formula is C17H16N2O3. The molecule has 0 radical (unpaired) electrons. The quantitative estimate of drug-likeness (QED) is 0.915. The molecule has 3 rings (SSSR count). The summed E-state index contributed by atoms with van der Waals surface area (Å²) in [7, 11) is 0. The maximum absolute atomic E-state index is 11.1. The van der Waals surface area contributed by atoms with Gasteiger partial charge in [0.15, 0.2) is 0 Å². The van der Waals surface area contributed by atoms with E-state index in [1.54, 1.807) is 12.1 Å². The van der Waals surface area contributed by atoms with Crippen molar-refractivity contribution in [2.45, 2.75) is 25.8 Å². The third-order valence-electron chi connectivity index (χ3n) is 4.12. The lowest BCUT2D eigenvalue weighted by Crippen LogP contribution is -2.32. The summed E-state index contributed by atoms with van der Waals surface area (Å²) in [4.78, 5) is 12.6. The number of fused-ring (bicyclic) bond motifs is 1. The van der Waals surface area contributed by atoms with E-state index in [1.807, 2.05) is 25.1 Å². The summed E-state index contributed by atoms with van der Waals surface area (Å²) in [5, 5.41) is 19.1. The van der Waals surface area contributed by atoms with Crippen LogP contribution in [0.5, 0.6) is 0 Å². The molecule has 1 N–H and O–H groups in total. The Labute approximate surface area is 128 Å². The van der Waals surface area contributed by atoms with Gasteiger partial charge < -0.3 is 14.4 Å². The van der Waals surface area contributed by atoms with Gasteiger partial charge in [-0.3, -0.25) is 0 Å². The van der Waals surface area contributed by atoms with Crippen LogP contribution in [-0.2, 0) is 0 Å². The number of carbonyl (C=O) groups is 1. The van der Waals surface area contributed by atoms with Gasteiger partial charge in [0.05, 0.1) is 17.7 Å². The standard InChI is InChI=1S/C17H16N2O3/c1-11-14-6-4-12(10-18)9-16(14)22-15(11)7-5-13-3-2-8-19(13)17(20)21/h4-7,9,13H,2-3,8H2,1H3,(H,20,21)/t13-/m0/s1. The third-order valence-corrected chi connectivity index (χ3v) is 4.12. The number of aryl methyl sites for hydroxylation is 1. The van der Waals surface area contributed by atoms with Gasteiger partial charge in [-0.2, -0.15) is 5.26 Å². The molecule has 5 nitrogen and oxygen atoms in total. The molecule has 5 heteroatoms. The van der Waals surface area contributed by atoms with Crippen molar-refractivity contribution in [3.8, 4) is 6.07 Å². The minimum atomic E-state index is -0.882. The predicted octanol–water partition coefficient (Wildman–Crippen LogP) is 3.77. The summed E-state index contributed by atoms with van der Waals surface area (Å²) >= 11 is 0. The number of carboxylic acid groups (broad SMARTS) is 1. The van der Waals surface area contributed by atoms with Crippen LogP contribution in [0.25, 0.3) is 17.0 Å². The zero-order valence-corrected chi connectivity index (χ0v) is 12.2. The molecule has 1 saturated heterocycles. The fourth-order valence-electron chi connectivity index (χ4n) is 2.90. The molecule has 1 aliphatic rings. The minimum Gasteiger partial charge on any atom is -0.465 e. The van der Waals surface area contributed by atoms with E-state index in [4.69, 9.17) is 14.8 Å². The van der Waals surface area contributed by atoms with Crippen LogP contribution in [0.4, 0.5) is 4.79 Å². The second-order valence-corrected chi connectivity index (χ2v) is 5.46. The van der Waals surface area contributed by atoms with Crippen LogP contribution >= 0.6 is 0 Å². The Morgan fingerprint density at radius 2 is 2.36 bits per heavy atom. The van der Waals surface area contributed by atoms with Crippen molar-refractivity contribution in [3.63, 3.8) is 0 Å². The Balaban J connectivity index is 1.91. The average molecular weight is 296 g/mol. The van der Waals surface area contributed by atoms with E-state index in [-0.39, 0.29) is 6.04 Å². The first kappa shape index (κ1) is 14.2. The number of benzene rings is 1. The molecule has 0 aliphatic carbocycles. The minimum absolute atomic E-state index is 0.0974. The molecule has 1 aliphatic heterocycles. The topological polar surface area (TPSA) is 77.5 Å². The highest BCUT2D eigenvalue weighted by atomic mass is 16.4. The smallest absolute Gasteiger partial charge is 0.407 e. The second-order valence-electron chi connectivity index (χ2n) is 5.46. The SMILES string of the molecule is Cc1c(C=C[C@@H]2CCCN2C(=O)O)oc2cc(C#N)ccc12. The monoisotopic (exact) mass is 296 g/mol. The van der Waals surface area contributed by atoms with E-state index in [0.717, 1.165) is 23.8 Å². The van der Waals surface area contributed by atoms with E-state index in [0.29, 0.717) is 23.5 Å². The normalized spacial score (nSPS) is 18.2. The Bertz CT molecular complexity index is 798. The van der Waals surface area contributed by atoms with E-state index >= 15 is 0 Å². The molecule has 1 aromatic carbocycles. The van der Waals surface area contributed by atoms with Crippen molar-refractivity contribution < 1.29 is 14.3 Å². The lowest BCUT2D eigenvalue weighted by Gasteiger charge is -2.17. The molecule has 0 spiro atoms. The van der Waals surface area contributed by atoms with E-state index in [9.17, 15) is 4.79 Å². The summed E-state index contributed by atoms with van der Waals surface area (Å²) in [5.41, 5.74) is 2.23. The summed E-state index contributed by atoms with van der Waals surface area (Å²) in [6.45, 7) is 2.54. The fraction of sp³-hybridized carbons (Fsp3) is 0.294. The van der Waals surface area contributed by atoms with Crippen molar-refractivity contribution in [1.29, 1.82) is 5.26 Å². The van der Waals surface area contributed by atoms with Gasteiger partial charge in [0.2, 0.25) is 0 Å². The molecular weight excluding hydrogens is 280 g/mol. The zero-order chi connectivity index (χ0) is 15.7. The second kappa shape index (κ2) is 5.57. The number of likely N-dealkylation sites (tertiary alicyclic amines) is 1. The molecule has 1 atom stereocenters. The van der Waals surface area contributed by atoms with Gasteiger partial charge in [-0.25, -0.2) is 4.79 Å². The van der Waals surface area contributed by atoms with Gasteiger partial charge in [0.25, 0.3) is 0 Å². The largest absolute Gasteiger partial charge is 0.465 e. The summed E-state index contributed by atoms with van der Waals surface area (Å²) in [5.74, 6) is 0.710. The highest BCUT2D eigenvalue weighted by Crippen LogP contribution is 2.28. The number of hydrogen-bond donors (Lipinski definition) is 1. The van der Waals surface area contributed by atoms with Gasteiger partial charge >= 0.3 is 6.09 Å². The van der Waals surface area contributed by atoms with Crippen molar-refractivity contribution >= 4 is 23.1 Å². The van der Waals surface area contributed by atoms with Gasteiger partial charge in [-0.1, -0.05) is 6.08 Å². The zero-order valence-electron chi connectivity index (χ0n) is 12.2. The Morgan fingerprint density at radius 1 is 1.55 bits per heavy atom. The first-order valence-corrected chi connectivity index (χ1v) is 7.21. The van der Waals surface area contributed by atoms with Crippen molar-refractivity contribution in [2.24, 2.45) is 0 Å². The van der Waals surface area contributed by atoms with Crippen molar-refractivity contribution in [2.75, 3.05) is 6.54 Å². The summed E-state index contributed by atoms with van der Waals surface area (Å²) in [6.07, 6.45) is 4.56. The van der Waals surface area contributed by atoms with Gasteiger partial charge in [0.1, 0.15) is 11.3 Å². The van der Waals surface area contributed by atoms with Crippen molar-refractivity contribution in [3.05, 3.63) is 41.2 Å². The summed E-state index contributed by atoms with van der Waals surface area (Å²) in [6, 6.07) is 7.36. The molecule has 0 saturated carbocycles. The number of rotatable bonds is 2. The number of hydrogen-bond acceptors (Lipinski definition) is 3. The van der Waals surface area contributed by atoms with E-state index in [2.05, 4.69) is 6.07 Å². The van der Waals surface area contributed by atoms with E-state index < -0.39 is 6.09 Å². The molecule has 0 bridgehead atoms. The van der Waals surface area contributed by atoms with Crippen LogP contribution in [0.3, 0.4) is 0 Å². The first-order valence-electron chi connectivity index (χ1n) is 7.21. The van der Waals surface area contributed by atoms with Crippen LogP contribution in [-0.4, -0.2) is 28.7 Å². The molecule has 2 heterocycles. The molecule has 1 aromatic heterocycles. The van der Waals surface area contributed by atoms with Gasteiger partial charge in [-0.15, -0.1) is 0 Å². The Kier molecular flexibility index (Phi) is 3.60. The number of furan rings is 1. The van der Waals surface area contributed by atoms with E-state index in [1.165, 1.54) is 4.90 Å². The van der Waals surface area contributed by atoms with Crippen LogP contribution in [0.1, 0.15) is 29.7 Å².